The summed E-state index contributed by atoms with van der Waals surface area (Å²) in [6.07, 6.45) is 1.63. The van der Waals surface area contributed by atoms with Crippen LogP contribution >= 0.6 is 0 Å². The molecule has 0 bridgehead atoms. The first-order valence-corrected chi connectivity index (χ1v) is 8.47. The number of nitrogens with zero attached hydrogens (tertiary/aromatic N) is 2. The summed E-state index contributed by atoms with van der Waals surface area (Å²) in [5.74, 6) is -0.382. The Morgan fingerprint density at radius 1 is 1.07 bits per heavy atom. The summed E-state index contributed by atoms with van der Waals surface area (Å²) < 4.78 is 32.8. The molecule has 3 rings (SSSR count). The zero-order valence-corrected chi connectivity index (χ0v) is 14.7. The topological polar surface area (TPSA) is 56.2 Å². The molecule has 27 heavy (non-hydrogen) atoms. The summed E-state index contributed by atoms with van der Waals surface area (Å²) in [4.78, 5) is 12.2. The van der Waals surface area contributed by atoms with E-state index in [0.717, 1.165) is 5.56 Å². The molecule has 0 spiro atoms. The van der Waals surface area contributed by atoms with Crippen molar-refractivity contribution >= 4 is 5.91 Å². The lowest BCUT2D eigenvalue weighted by Gasteiger charge is -2.12. The van der Waals surface area contributed by atoms with E-state index in [-0.39, 0.29) is 35.9 Å². The van der Waals surface area contributed by atoms with E-state index in [2.05, 4.69) is 10.4 Å². The van der Waals surface area contributed by atoms with E-state index in [0.29, 0.717) is 12.3 Å². The van der Waals surface area contributed by atoms with Crippen molar-refractivity contribution in [2.45, 2.75) is 19.6 Å². The van der Waals surface area contributed by atoms with Crippen LogP contribution < -0.4 is 10.1 Å². The number of ether oxygens (including phenoxy) is 1. The van der Waals surface area contributed by atoms with Crippen molar-refractivity contribution in [1.82, 2.24) is 15.1 Å². The number of benzene rings is 2. The summed E-state index contributed by atoms with van der Waals surface area (Å²) in [6.45, 7) is 2.46. The van der Waals surface area contributed by atoms with E-state index in [1.807, 2.05) is 6.92 Å². The number of hydrogen-bond donors (Lipinski definition) is 1. The minimum atomic E-state index is -0.338. The maximum atomic E-state index is 13.0. The predicted molar refractivity (Wildman–Crippen MR) is 96.4 cm³/mol. The van der Waals surface area contributed by atoms with Crippen molar-refractivity contribution in [2.75, 3.05) is 6.54 Å². The smallest absolute Gasteiger partial charge is 0.271 e. The van der Waals surface area contributed by atoms with E-state index in [4.69, 9.17) is 4.74 Å². The van der Waals surface area contributed by atoms with Crippen molar-refractivity contribution in [3.8, 4) is 5.75 Å². The van der Waals surface area contributed by atoms with Crippen LogP contribution in [0.5, 0.6) is 5.75 Å². The van der Waals surface area contributed by atoms with E-state index >= 15 is 0 Å². The van der Waals surface area contributed by atoms with Crippen LogP contribution in [0.4, 0.5) is 8.78 Å². The molecule has 1 N–H and O–H groups in total. The minimum Gasteiger partial charge on any atom is -0.471 e. The molecule has 140 valence electrons. The lowest BCUT2D eigenvalue weighted by Crippen LogP contribution is -2.28. The van der Waals surface area contributed by atoms with Crippen LogP contribution in [0.15, 0.2) is 60.8 Å². The van der Waals surface area contributed by atoms with Gasteiger partial charge in [-0.25, -0.2) is 13.5 Å². The molecule has 3 aromatic rings. The molecule has 0 aliphatic carbocycles. The van der Waals surface area contributed by atoms with Gasteiger partial charge in [-0.1, -0.05) is 19.1 Å². The molecule has 5 nitrogen and oxygen atoms in total. The molecular weight excluding hydrogens is 352 g/mol. The number of amides is 1. The molecule has 0 aliphatic rings. The number of hydrogen-bond acceptors (Lipinski definition) is 3. The fourth-order valence-electron chi connectivity index (χ4n) is 2.47. The van der Waals surface area contributed by atoms with E-state index in [9.17, 15) is 13.6 Å². The summed E-state index contributed by atoms with van der Waals surface area (Å²) >= 11 is 0. The largest absolute Gasteiger partial charge is 0.471 e. The van der Waals surface area contributed by atoms with Crippen LogP contribution in [-0.2, 0) is 6.73 Å². The Morgan fingerprint density at radius 3 is 2.37 bits per heavy atom. The van der Waals surface area contributed by atoms with Crippen LogP contribution in [0.25, 0.3) is 0 Å². The first kappa shape index (κ1) is 18.6. The first-order chi connectivity index (χ1) is 13.0. The molecule has 1 unspecified atom stereocenters. The van der Waals surface area contributed by atoms with Gasteiger partial charge in [0, 0.05) is 12.7 Å². The number of rotatable bonds is 7. The molecule has 0 saturated carbocycles. The Bertz CT molecular complexity index is 892. The standard InChI is InChI=1S/C20H19F2N3O2/c1-14(15-2-4-16(21)5-3-15)12-23-20(26)19-10-11-25(24-19)13-27-18-8-6-17(22)7-9-18/h2-11,14H,12-13H2,1H3,(H,23,26). The Balaban J connectivity index is 1.50. The Morgan fingerprint density at radius 2 is 1.70 bits per heavy atom. The van der Waals surface area contributed by atoms with Gasteiger partial charge in [0.15, 0.2) is 6.73 Å². The van der Waals surface area contributed by atoms with Gasteiger partial charge >= 0.3 is 0 Å². The fourth-order valence-corrected chi connectivity index (χ4v) is 2.47. The zero-order valence-electron chi connectivity index (χ0n) is 14.7. The van der Waals surface area contributed by atoms with Crippen LogP contribution in [-0.4, -0.2) is 22.2 Å². The highest BCUT2D eigenvalue weighted by Crippen LogP contribution is 2.15. The molecule has 0 fully saturated rings. The summed E-state index contributed by atoms with van der Waals surface area (Å²) in [5, 5.41) is 6.98. The van der Waals surface area contributed by atoms with Crippen LogP contribution in [0.2, 0.25) is 0 Å². The maximum Gasteiger partial charge on any atom is 0.271 e. The lowest BCUT2D eigenvalue weighted by atomic mass is 10.0. The quantitative estimate of drug-likeness (QED) is 0.689. The van der Waals surface area contributed by atoms with Gasteiger partial charge in [-0.15, -0.1) is 0 Å². The van der Waals surface area contributed by atoms with E-state index < -0.39 is 0 Å². The molecule has 0 saturated heterocycles. The van der Waals surface area contributed by atoms with Crippen LogP contribution in [0.1, 0.15) is 28.9 Å². The fraction of sp³-hybridized carbons (Fsp3) is 0.200. The average molecular weight is 371 g/mol. The molecule has 1 aromatic heterocycles. The van der Waals surface area contributed by atoms with Crippen molar-refractivity contribution in [1.29, 1.82) is 0 Å². The minimum absolute atomic E-state index is 0.0402. The Kier molecular flexibility index (Phi) is 5.80. The zero-order chi connectivity index (χ0) is 19.2. The Labute approximate surface area is 155 Å². The summed E-state index contributed by atoms with van der Waals surface area (Å²) in [6, 6.07) is 13.4. The molecule has 1 amide bonds. The second-order valence-electron chi connectivity index (χ2n) is 6.13. The maximum absolute atomic E-state index is 13.0. The second kappa shape index (κ2) is 8.44. The van der Waals surface area contributed by atoms with Gasteiger partial charge in [0.05, 0.1) is 0 Å². The SMILES string of the molecule is CC(CNC(=O)c1ccn(COc2ccc(F)cc2)n1)c1ccc(F)cc1. The third-order valence-corrected chi connectivity index (χ3v) is 4.06. The van der Waals surface area contributed by atoms with Crippen LogP contribution in [0, 0.1) is 11.6 Å². The monoisotopic (exact) mass is 371 g/mol. The van der Waals surface area contributed by atoms with Crippen LogP contribution in [0.3, 0.4) is 0 Å². The second-order valence-corrected chi connectivity index (χ2v) is 6.13. The Hall–Kier alpha value is -3.22. The highest BCUT2D eigenvalue weighted by molar-refractivity contribution is 5.92. The summed E-state index contributed by atoms with van der Waals surface area (Å²) in [5.41, 5.74) is 1.21. The third kappa shape index (κ3) is 5.13. The molecule has 0 aliphatic heterocycles. The van der Waals surface area contributed by atoms with Crippen molar-refractivity contribution in [3.63, 3.8) is 0 Å². The number of halogens is 2. The van der Waals surface area contributed by atoms with Gasteiger partial charge in [0.2, 0.25) is 0 Å². The van der Waals surface area contributed by atoms with Gasteiger partial charge < -0.3 is 10.1 Å². The van der Waals surface area contributed by atoms with Crippen molar-refractivity contribution in [3.05, 3.63) is 83.7 Å². The number of carbonyl (C=O) groups is 1. The molecule has 2 aromatic carbocycles. The lowest BCUT2D eigenvalue weighted by molar-refractivity contribution is 0.0944. The highest BCUT2D eigenvalue weighted by Gasteiger charge is 2.12. The molecule has 7 heteroatoms. The molecular formula is C20H19F2N3O2. The van der Waals surface area contributed by atoms with Gasteiger partial charge in [0.1, 0.15) is 23.1 Å². The average Bonchev–Trinajstić information content (AvgIpc) is 3.15. The number of nitrogens with one attached hydrogen (secondary N) is 1. The van der Waals surface area contributed by atoms with Gasteiger partial charge in [-0.05, 0) is 53.9 Å². The molecule has 1 atom stereocenters. The molecule has 0 radical (unpaired) electrons. The van der Waals surface area contributed by atoms with E-state index in [1.165, 1.54) is 41.1 Å². The van der Waals surface area contributed by atoms with Crippen molar-refractivity contribution < 1.29 is 18.3 Å². The molecule has 1 heterocycles. The summed E-state index contributed by atoms with van der Waals surface area (Å²) in [7, 11) is 0. The predicted octanol–water partition coefficient (Wildman–Crippen LogP) is 3.73. The third-order valence-electron chi connectivity index (χ3n) is 4.06. The van der Waals surface area contributed by atoms with Crippen molar-refractivity contribution in [2.24, 2.45) is 0 Å². The van der Waals surface area contributed by atoms with E-state index in [1.54, 1.807) is 24.4 Å². The van der Waals surface area contributed by atoms with Gasteiger partial charge in [-0.2, -0.15) is 5.10 Å². The highest BCUT2D eigenvalue weighted by atomic mass is 19.1. The number of carbonyl (C=O) groups excluding carboxylic acids is 1. The van der Waals surface area contributed by atoms with Gasteiger partial charge in [0.25, 0.3) is 5.91 Å². The van der Waals surface area contributed by atoms with Gasteiger partial charge in [-0.3, -0.25) is 4.79 Å². The number of aromatic nitrogens is 2. The normalized spacial score (nSPS) is 11.8. The first-order valence-electron chi connectivity index (χ1n) is 8.47.